The Morgan fingerprint density at radius 1 is 0.897 bits per heavy atom. The summed E-state index contributed by atoms with van der Waals surface area (Å²) >= 11 is 17.4. The number of ether oxygens (including phenoxy) is 8. The van der Waals surface area contributed by atoms with Crippen molar-refractivity contribution >= 4 is 60.8 Å². The normalized spacial score (nSPS) is 22.1. The van der Waals surface area contributed by atoms with Crippen molar-refractivity contribution in [3.05, 3.63) is 38.0 Å². The van der Waals surface area contributed by atoms with E-state index in [2.05, 4.69) is 32.0 Å². The Bertz CT molecular complexity index is 1300. The number of amides is 1. The van der Waals surface area contributed by atoms with Gasteiger partial charge in [0.2, 0.25) is 3.79 Å². The predicted octanol–water partition coefficient (Wildman–Crippen LogP) is 8.80. The van der Waals surface area contributed by atoms with Crippen LogP contribution in [-0.2, 0) is 60.8 Å². The van der Waals surface area contributed by atoms with Crippen molar-refractivity contribution in [2.45, 2.75) is 138 Å². The monoisotopic (exact) mass is 907 g/mol. The number of rotatable bonds is 29. The van der Waals surface area contributed by atoms with Gasteiger partial charge in [-0.15, -0.1) is 13.2 Å². The van der Waals surface area contributed by atoms with Gasteiger partial charge in [-0.3, -0.25) is 18.4 Å². The third kappa shape index (κ3) is 21.5. The number of hydrogen-bond acceptors (Lipinski definition) is 15. The largest absolute Gasteiger partial charge is 0.508 e. The Labute approximate surface area is 357 Å². The number of phosphoric acid groups is 1. The smallest absolute Gasteiger partial charge is 0.457 e. The average molecular weight is 909 g/mol. The summed E-state index contributed by atoms with van der Waals surface area (Å²) in [5.74, 6) is -1.95. The van der Waals surface area contributed by atoms with E-state index in [1.807, 2.05) is 0 Å². The van der Waals surface area contributed by atoms with E-state index in [0.29, 0.717) is 12.8 Å². The maximum atomic E-state index is 13.8. The molecular weight excluding hydrogens is 848 g/mol. The fourth-order valence-corrected chi connectivity index (χ4v) is 7.13. The van der Waals surface area contributed by atoms with Crippen molar-refractivity contribution in [1.29, 1.82) is 0 Å². The fraction of sp³-hybridized carbons (Fsp3) is 0.763. The van der Waals surface area contributed by atoms with E-state index in [4.69, 9.17) is 86.3 Å². The molecular formula is C38H61Cl3NO15P. The molecule has 1 amide bonds. The first-order valence-corrected chi connectivity index (χ1v) is 22.1. The van der Waals surface area contributed by atoms with E-state index in [1.54, 1.807) is 13.8 Å². The molecule has 16 nitrogen and oxygen atoms in total. The fourth-order valence-electron chi connectivity index (χ4n) is 5.87. The number of esters is 1. The highest BCUT2D eigenvalue weighted by Gasteiger charge is 2.54. The molecule has 20 heteroatoms. The highest BCUT2D eigenvalue weighted by molar-refractivity contribution is 7.48. The van der Waals surface area contributed by atoms with Crippen molar-refractivity contribution in [1.82, 2.24) is 5.32 Å². The minimum atomic E-state index is -4.05. The number of hydrogen-bond donors (Lipinski definition) is 1. The molecule has 0 saturated carbocycles. The molecule has 0 aromatic carbocycles. The van der Waals surface area contributed by atoms with Crippen molar-refractivity contribution in [2.24, 2.45) is 0 Å². The van der Waals surface area contributed by atoms with Crippen LogP contribution < -0.4 is 5.32 Å². The van der Waals surface area contributed by atoms with Crippen LogP contribution in [0.15, 0.2) is 38.0 Å². The first-order valence-electron chi connectivity index (χ1n) is 19.5. The molecule has 334 valence electrons. The Hall–Kier alpha value is -1.95. The highest BCUT2D eigenvalue weighted by Crippen LogP contribution is 2.49. The van der Waals surface area contributed by atoms with Gasteiger partial charge in [-0.2, -0.15) is 0 Å². The van der Waals surface area contributed by atoms with Crippen LogP contribution in [-0.4, -0.2) is 111 Å². The molecule has 2 fully saturated rings. The zero-order chi connectivity index (χ0) is 43.0. The van der Waals surface area contributed by atoms with E-state index < -0.39 is 79.0 Å². The number of carbonyl (C=O) groups excluding carboxylic acids is 3. The number of carbonyl (C=O) groups is 3. The summed E-state index contributed by atoms with van der Waals surface area (Å²) in [6, 6.07) is -1.32. The maximum Gasteiger partial charge on any atom is 0.508 e. The summed E-state index contributed by atoms with van der Waals surface area (Å²) in [4.78, 5) is 39.4. The van der Waals surface area contributed by atoms with Crippen LogP contribution in [0.5, 0.6) is 0 Å². The highest BCUT2D eigenvalue weighted by atomic mass is 35.6. The minimum Gasteiger partial charge on any atom is -0.457 e. The van der Waals surface area contributed by atoms with E-state index in [9.17, 15) is 18.9 Å². The number of halogens is 3. The second-order valence-electron chi connectivity index (χ2n) is 13.9. The Kier molecular flexibility index (Phi) is 25.0. The average Bonchev–Trinajstić information content (AvgIpc) is 3.16. The number of phosphoric ester groups is 1. The molecule has 2 saturated heterocycles. The predicted molar refractivity (Wildman–Crippen MR) is 217 cm³/mol. The van der Waals surface area contributed by atoms with Crippen molar-refractivity contribution < 1.29 is 70.4 Å². The first kappa shape index (κ1) is 52.2. The van der Waals surface area contributed by atoms with Gasteiger partial charge >= 0.3 is 26.0 Å². The number of nitrogens with one attached hydrogen (secondary N) is 1. The van der Waals surface area contributed by atoms with Gasteiger partial charge in [-0.25, -0.2) is 14.2 Å². The van der Waals surface area contributed by atoms with Gasteiger partial charge in [0.15, 0.2) is 18.2 Å². The van der Waals surface area contributed by atoms with E-state index in [1.165, 1.54) is 43.9 Å². The topological polar surface area (TPSA) is 182 Å². The van der Waals surface area contributed by atoms with E-state index in [0.717, 1.165) is 25.7 Å². The minimum absolute atomic E-state index is 0.0218. The van der Waals surface area contributed by atoms with Crippen LogP contribution in [0.25, 0.3) is 0 Å². The molecule has 58 heavy (non-hydrogen) atoms. The van der Waals surface area contributed by atoms with Crippen LogP contribution in [0.1, 0.15) is 91.4 Å². The summed E-state index contributed by atoms with van der Waals surface area (Å²) in [7, 11) is -4.05. The Balaban J connectivity index is 2.30. The van der Waals surface area contributed by atoms with Gasteiger partial charge in [0.1, 0.15) is 37.6 Å². The lowest BCUT2D eigenvalue weighted by atomic mass is 9.95. The molecule has 0 aliphatic carbocycles. The molecule has 2 rings (SSSR count). The van der Waals surface area contributed by atoms with Gasteiger partial charge in [0.25, 0.3) is 0 Å². The maximum absolute atomic E-state index is 13.8. The SMILES string of the molecule is C=CCOC(=O)O[C@H](CCCCCCCCCCC)CC(=O)O[C@@H]1[C@@H](NC(=O)OCC(Cl)(Cl)Cl)[C@@H](OCCOP(=O)(OCC=C)OCC=C)O[C@@H]2COC(C)(C)O[C@@H]12. The molecule has 0 radical (unpaired) electrons. The van der Waals surface area contributed by atoms with Crippen molar-refractivity contribution in [3.8, 4) is 0 Å². The van der Waals surface area contributed by atoms with Crippen LogP contribution in [0.4, 0.5) is 9.59 Å². The third-order valence-electron chi connectivity index (χ3n) is 8.50. The quantitative estimate of drug-likeness (QED) is 0.0188. The van der Waals surface area contributed by atoms with Crippen LogP contribution >= 0.6 is 42.6 Å². The van der Waals surface area contributed by atoms with Crippen LogP contribution in [0, 0.1) is 0 Å². The third-order valence-corrected chi connectivity index (χ3v) is 10.3. The molecule has 0 aromatic heterocycles. The number of alkyl halides is 3. The van der Waals surface area contributed by atoms with Gasteiger partial charge in [-0.05, 0) is 26.7 Å². The molecule has 0 aromatic rings. The lowest BCUT2D eigenvalue weighted by Gasteiger charge is -2.50. The number of fused-ring (bicyclic) bond motifs is 1. The summed E-state index contributed by atoms with van der Waals surface area (Å²) < 4.78 is 72.8. The van der Waals surface area contributed by atoms with Gasteiger partial charge in [-0.1, -0.05) is 118 Å². The number of alkyl carbamates (subject to hydrolysis) is 1. The zero-order valence-electron chi connectivity index (χ0n) is 33.8. The molecule has 2 aliphatic rings. The molecule has 1 N–H and O–H groups in total. The zero-order valence-corrected chi connectivity index (χ0v) is 36.9. The van der Waals surface area contributed by atoms with Gasteiger partial charge in [0.05, 0.1) is 39.5 Å². The van der Waals surface area contributed by atoms with Gasteiger partial charge in [0, 0.05) is 0 Å². The molecule has 0 spiro atoms. The molecule has 2 heterocycles. The molecule has 2 aliphatic heterocycles. The van der Waals surface area contributed by atoms with Gasteiger partial charge < -0.3 is 43.2 Å². The lowest BCUT2D eigenvalue weighted by molar-refractivity contribution is -0.369. The second-order valence-corrected chi connectivity index (χ2v) is 18.1. The van der Waals surface area contributed by atoms with E-state index >= 15 is 0 Å². The van der Waals surface area contributed by atoms with Crippen molar-refractivity contribution in [3.63, 3.8) is 0 Å². The summed E-state index contributed by atoms with van der Waals surface area (Å²) in [5, 5.41) is 2.58. The summed E-state index contributed by atoms with van der Waals surface area (Å²) in [6.45, 7) is 14.5. The van der Waals surface area contributed by atoms with E-state index in [-0.39, 0.29) is 46.1 Å². The lowest BCUT2D eigenvalue weighted by Crippen LogP contribution is -2.69. The Morgan fingerprint density at radius 2 is 1.52 bits per heavy atom. The summed E-state index contributed by atoms with van der Waals surface area (Å²) in [6.07, 6.45) is 6.24. The molecule has 0 bridgehead atoms. The molecule has 6 atom stereocenters. The van der Waals surface area contributed by atoms with Crippen LogP contribution in [0.3, 0.4) is 0 Å². The van der Waals surface area contributed by atoms with Crippen LogP contribution in [0.2, 0.25) is 0 Å². The second kappa shape index (κ2) is 27.8. The Morgan fingerprint density at radius 3 is 2.12 bits per heavy atom. The summed E-state index contributed by atoms with van der Waals surface area (Å²) in [5.41, 5.74) is 0. The first-order chi connectivity index (χ1) is 27.5. The number of unbranched alkanes of at least 4 members (excludes halogenated alkanes) is 8. The van der Waals surface area contributed by atoms with Crippen molar-refractivity contribution in [2.75, 3.05) is 46.2 Å². The molecule has 0 unspecified atom stereocenters. The standard InChI is InChI=1S/C38H61Cl3NO15P/c1-7-11-12-13-14-15-16-17-18-19-28(54-36(45)48-20-8-2)25-30(43)56-33-31(42-35(44)49-27-38(39,40)41)34(55-29-26-50-37(5,6)57-32(29)33)47-23-24-53-58(46,51-21-9-3)52-22-10-4/h8-10,28-29,31-34H,2-4,7,11-27H2,1,5-6H3,(H,42,44)/t28-,29-,31-,32-,33-,34+/m1/s1.